The van der Waals surface area contributed by atoms with Crippen molar-refractivity contribution in [2.45, 2.75) is 13.1 Å². The van der Waals surface area contributed by atoms with Crippen LogP contribution in [0, 0.1) is 0 Å². The van der Waals surface area contributed by atoms with Gasteiger partial charge in [0.2, 0.25) is 0 Å². The van der Waals surface area contributed by atoms with Crippen molar-refractivity contribution in [2.24, 2.45) is 0 Å². The Bertz CT molecular complexity index is 1200. The Balaban J connectivity index is 1.76. The van der Waals surface area contributed by atoms with E-state index in [-0.39, 0.29) is 0 Å². The Morgan fingerprint density at radius 3 is 1.85 bits per heavy atom. The van der Waals surface area contributed by atoms with Gasteiger partial charge in [-0.05, 0) is 52.3 Å². The molecule has 0 aliphatic rings. The molecule has 0 spiro atoms. The smallest absolute Gasteiger partial charge is 0.299 e. The summed E-state index contributed by atoms with van der Waals surface area (Å²) in [5.41, 5.74) is 3.40. The van der Waals surface area contributed by atoms with Crippen molar-refractivity contribution >= 4 is 33.0 Å². The fourth-order valence-corrected chi connectivity index (χ4v) is 4.04. The van der Waals surface area contributed by atoms with Crippen LogP contribution in [0.4, 0.5) is 6.01 Å². The van der Waals surface area contributed by atoms with Crippen molar-refractivity contribution in [3.8, 4) is 23.0 Å². The van der Waals surface area contributed by atoms with Crippen molar-refractivity contribution < 1.29 is 23.4 Å². The number of hydrogen-bond donors (Lipinski definition) is 0. The van der Waals surface area contributed by atoms with E-state index >= 15 is 0 Å². The molecule has 0 radical (unpaired) electrons. The van der Waals surface area contributed by atoms with Crippen LogP contribution in [0.2, 0.25) is 0 Å². The predicted molar refractivity (Wildman–Crippen MR) is 131 cm³/mol. The topological polar surface area (TPSA) is 66.2 Å². The van der Waals surface area contributed by atoms with Crippen LogP contribution < -0.4 is 23.8 Å². The van der Waals surface area contributed by atoms with E-state index in [0.29, 0.717) is 24.7 Å². The molecule has 4 aromatic rings. The van der Waals surface area contributed by atoms with E-state index in [0.717, 1.165) is 44.1 Å². The minimum atomic E-state index is 0.493. The van der Waals surface area contributed by atoms with Gasteiger partial charge in [-0.2, -0.15) is 4.98 Å². The number of para-hydroxylation sites is 1. The van der Waals surface area contributed by atoms with E-state index in [1.165, 1.54) is 0 Å². The molecule has 3 aromatic carbocycles. The summed E-state index contributed by atoms with van der Waals surface area (Å²) in [5.74, 6) is 2.89. The highest BCUT2D eigenvalue weighted by Gasteiger charge is 2.20. The van der Waals surface area contributed by atoms with Crippen LogP contribution >= 0.6 is 15.9 Å². The summed E-state index contributed by atoms with van der Waals surface area (Å²) >= 11 is 3.55. The second-order valence-electron chi connectivity index (χ2n) is 7.30. The molecule has 1 heterocycles. The van der Waals surface area contributed by atoms with Gasteiger partial charge in [0.25, 0.3) is 6.01 Å². The molecule has 0 bridgehead atoms. The fraction of sp³-hybridized carbons (Fsp3) is 0.240. The Morgan fingerprint density at radius 1 is 0.788 bits per heavy atom. The van der Waals surface area contributed by atoms with Gasteiger partial charge in [0.05, 0.1) is 46.0 Å². The SMILES string of the molecule is COc1ccc(CN(Cc2ccc(OC)cc2OC)c2nc3cccc(Br)c3o2)c(OC)c1. The highest BCUT2D eigenvalue weighted by molar-refractivity contribution is 9.10. The van der Waals surface area contributed by atoms with Gasteiger partial charge in [-0.1, -0.05) is 6.07 Å². The zero-order valence-corrected chi connectivity index (χ0v) is 20.5. The van der Waals surface area contributed by atoms with E-state index in [4.69, 9.17) is 28.3 Å². The lowest BCUT2D eigenvalue weighted by atomic mass is 10.1. The first kappa shape index (κ1) is 22.8. The largest absolute Gasteiger partial charge is 0.497 e. The number of anilines is 1. The van der Waals surface area contributed by atoms with Crippen molar-refractivity contribution in [1.29, 1.82) is 0 Å². The number of ether oxygens (including phenoxy) is 4. The van der Waals surface area contributed by atoms with E-state index < -0.39 is 0 Å². The molecule has 0 saturated heterocycles. The van der Waals surface area contributed by atoms with Gasteiger partial charge >= 0.3 is 0 Å². The van der Waals surface area contributed by atoms with Gasteiger partial charge in [0.1, 0.15) is 28.5 Å². The van der Waals surface area contributed by atoms with Crippen molar-refractivity contribution in [3.05, 3.63) is 70.2 Å². The maximum Gasteiger partial charge on any atom is 0.299 e. The number of benzene rings is 3. The summed E-state index contributed by atoms with van der Waals surface area (Å²) in [7, 11) is 6.55. The third kappa shape index (κ3) is 4.85. The van der Waals surface area contributed by atoms with Gasteiger partial charge in [0.15, 0.2) is 5.58 Å². The number of nitrogens with zero attached hydrogens (tertiary/aromatic N) is 2. The quantitative estimate of drug-likeness (QED) is 0.279. The van der Waals surface area contributed by atoms with Crippen LogP contribution in [0.3, 0.4) is 0 Å². The molecule has 33 heavy (non-hydrogen) atoms. The predicted octanol–water partition coefficient (Wildman–Crippen LogP) is 5.83. The molecular weight excluding hydrogens is 488 g/mol. The number of fused-ring (bicyclic) bond motifs is 1. The van der Waals surface area contributed by atoms with E-state index in [2.05, 4.69) is 15.9 Å². The molecule has 0 fully saturated rings. The van der Waals surface area contributed by atoms with Crippen molar-refractivity contribution in [3.63, 3.8) is 0 Å². The molecular formula is C25H25BrN2O5. The molecule has 0 unspecified atom stereocenters. The highest BCUT2D eigenvalue weighted by atomic mass is 79.9. The summed E-state index contributed by atoms with van der Waals surface area (Å²) < 4.78 is 29.0. The number of methoxy groups -OCH3 is 4. The van der Waals surface area contributed by atoms with Gasteiger partial charge < -0.3 is 28.3 Å². The summed E-state index contributed by atoms with van der Waals surface area (Å²) in [6, 6.07) is 17.8. The van der Waals surface area contributed by atoms with Crippen LogP contribution in [0.15, 0.2) is 63.5 Å². The summed E-state index contributed by atoms with van der Waals surface area (Å²) in [6.07, 6.45) is 0. The molecule has 7 nitrogen and oxygen atoms in total. The minimum absolute atomic E-state index is 0.493. The Labute approximate surface area is 201 Å². The molecule has 1 aromatic heterocycles. The molecule has 0 N–H and O–H groups in total. The second-order valence-corrected chi connectivity index (χ2v) is 8.15. The summed E-state index contributed by atoms with van der Waals surface area (Å²) in [5, 5.41) is 0. The van der Waals surface area contributed by atoms with Crippen LogP contribution in [0.1, 0.15) is 11.1 Å². The van der Waals surface area contributed by atoms with E-state index in [1.54, 1.807) is 28.4 Å². The third-order valence-corrected chi connectivity index (χ3v) is 5.96. The lowest BCUT2D eigenvalue weighted by Crippen LogP contribution is -2.23. The highest BCUT2D eigenvalue weighted by Crippen LogP contribution is 2.34. The van der Waals surface area contributed by atoms with Gasteiger partial charge in [-0.25, -0.2) is 0 Å². The molecule has 8 heteroatoms. The number of oxazole rings is 1. The van der Waals surface area contributed by atoms with Gasteiger partial charge in [-0.15, -0.1) is 0 Å². The first-order valence-corrected chi connectivity index (χ1v) is 11.1. The van der Waals surface area contributed by atoms with Crippen LogP contribution in [-0.2, 0) is 13.1 Å². The number of aromatic nitrogens is 1. The Morgan fingerprint density at radius 2 is 1.36 bits per heavy atom. The average Bonchev–Trinajstić information content (AvgIpc) is 3.29. The zero-order valence-electron chi connectivity index (χ0n) is 18.9. The summed E-state index contributed by atoms with van der Waals surface area (Å²) in [4.78, 5) is 6.79. The molecule has 0 saturated carbocycles. The normalized spacial score (nSPS) is 10.8. The maximum absolute atomic E-state index is 6.18. The van der Waals surface area contributed by atoms with Crippen LogP contribution in [0.5, 0.6) is 23.0 Å². The Hall–Kier alpha value is -3.39. The van der Waals surface area contributed by atoms with Crippen LogP contribution in [-0.4, -0.2) is 33.4 Å². The monoisotopic (exact) mass is 512 g/mol. The number of halogens is 1. The molecule has 0 atom stereocenters. The average molecular weight is 513 g/mol. The minimum Gasteiger partial charge on any atom is -0.497 e. The van der Waals surface area contributed by atoms with Crippen molar-refractivity contribution in [1.82, 2.24) is 4.98 Å². The fourth-order valence-electron chi connectivity index (χ4n) is 3.61. The molecule has 172 valence electrons. The molecule has 0 aliphatic heterocycles. The first-order chi connectivity index (χ1) is 16.1. The van der Waals surface area contributed by atoms with Gasteiger partial charge in [0, 0.05) is 23.3 Å². The lowest BCUT2D eigenvalue weighted by Gasteiger charge is -2.23. The first-order valence-electron chi connectivity index (χ1n) is 10.3. The lowest BCUT2D eigenvalue weighted by molar-refractivity contribution is 0.388. The second kappa shape index (κ2) is 10.0. The Kier molecular flexibility index (Phi) is 6.93. The number of rotatable bonds is 9. The zero-order chi connectivity index (χ0) is 23.4. The maximum atomic E-state index is 6.18. The molecule has 0 aliphatic carbocycles. The number of hydrogen-bond acceptors (Lipinski definition) is 7. The summed E-state index contributed by atoms with van der Waals surface area (Å²) in [6.45, 7) is 0.986. The molecule has 0 amide bonds. The van der Waals surface area contributed by atoms with E-state index in [9.17, 15) is 0 Å². The van der Waals surface area contributed by atoms with E-state index in [1.807, 2.05) is 59.5 Å². The third-order valence-electron chi connectivity index (χ3n) is 5.34. The standard InChI is InChI=1S/C25H25BrN2O5/c1-29-18-10-8-16(22(12-18)31-3)14-28(15-17-9-11-19(30-2)13-23(17)32-4)25-27-21-7-5-6-20(26)24(21)33-25/h5-13H,14-15H2,1-4H3. The van der Waals surface area contributed by atoms with Crippen molar-refractivity contribution in [2.75, 3.05) is 33.3 Å². The molecule has 4 rings (SSSR count). The van der Waals surface area contributed by atoms with Crippen LogP contribution in [0.25, 0.3) is 11.1 Å². The van der Waals surface area contributed by atoms with Gasteiger partial charge in [-0.3, -0.25) is 0 Å².